The molecule has 8 nitrogen and oxygen atoms in total. The van der Waals surface area contributed by atoms with Crippen molar-refractivity contribution in [3.8, 4) is 5.75 Å². The zero-order valence-corrected chi connectivity index (χ0v) is 15.9. The molecule has 3 amide bonds. The molecule has 1 fully saturated rings. The molecule has 1 saturated carbocycles. The summed E-state index contributed by atoms with van der Waals surface area (Å²) in [6.07, 6.45) is 2.24. The van der Waals surface area contributed by atoms with Gasteiger partial charge in [-0.05, 0) is 31.0 Å². The van der Waals surface area contributed by atoms with E-state index in [2.05, 4.69) is 10.6 Å². The number of fused-ring (bicyclic) bond motifs is 1. The molecule has 1 aliphatic carbocycles. The molecule has 8 heteroatoms. The summed E-state index contributed by atoms with van der Waals surface area (Å²) in [6, 6.07) is 5.41. The first kappa shape index (κ1) is 19.0. The highest BCUT2D eigenvalue weighted by atomic mass is 16.5. The van der Waals surface area contributed by atoms with E-state index < -0.39 is 0 Å². The molecule has 3 rings (SSSR count). The third-order valence-corrected chi connectivity index (χ3v) is 4.78. The van der Waals surface area contributed by atoms with Crippen molar-refractivity contribution >= 4 is 23.4 Å². The maximum atomic E-state index is 12.2. The number of nitrogens with one attached hydrogen (secondary N) is 2. The first-order valence-corrected chi connectivity index (χ1v) is 9.12. The minimum Gasteiger partial charge on any atom is -0.489 e. The van der Waals surface area contributed by atoms with E-state index in [1.807, 2.05) is 11.9 Å². The summed E-state index contributed by atoms with van der Waals surface area (Å²) in [4.78, 5) is 39.5. The molecule has 0 spiro atoms. The van der Waals surface area contributed by atoms with Gasteiger partial charge in [0.05, 0.1) is 24.7 Å². The number of carbonyl (C=O) groups is 3. The lowest BCUT2D eigenvalue weighted by Gasteiger charge is -2.35. The average Bonchev–Trinajstić information content (AvgIpc) is 3.45. The Morgan fingerprint density at radius 2 is 1.96 bits per heavy atom. The predicted octanol–water partition coefficient (Wildman–Crippen LogP) is 0.371. The Kier molecular flexibility index (Phi) is 5.53. The van der Waals surface area contributed by atoms with Gasteiger partial charge in [0.15, 0.2) is 0 Å². The van der Waals surface area contributed by atoms with Crippen LogP contribution in [0.3, 0.4) is 0 Å². The lowest BCUT2D eigenvalue weighted by Crippen LogP contribution is -2.45. The third kappa shape index (κ3) is 4.69. The second-order valence-corrected chi connectivity index (χ2v) is 7.28. The number of rotatable bonds is 6. The minimum atomic E-state index is -0.203. The third-order valence-electron chi connectivity index (χ3n) is 4.78. The largest absolute Gasteiger partial charge is 0.489 e. The molecule has 0 aromatic heterocycles. The summed E-state index contributed by atoms with van der Waals surface area (Å²) in [5.41, 5.74) is 1.34. The second-order valence-electron chi connectivity index (χ2n) is 7.28. The Labute approximate surface area is 158 Å². The van der Waals surface area contributed by atoms with Gasteiger partial charge >= 0.3 is 0 Å². The first-order valence-electron chi connectivity index (χ1n) is 9.12. The first-order chi connectivity index (χ1) is 12.8. The number of amides is 3. The van der Waals surface area contributed by atoms with Gasteiger partial charge in [0.1, 0.15) is 12.4 Å². The number of nitrogens with zero attached hydrogens (tertiary/aromatic N) is 2. The number of hydrogen-bond acceptors (Lipinski definition) is 5. The van der Waals surface area contributed by atoms with Gasteiger partial charge in [-0.15, -0.1) is 0 Å². The SMILES string of the molecule is CN(C)C(=O)c1ccc2c(c1)N(C)[C@H](CC(=O)NCC(=O)NC1CC1)CO2. The second kappa shape index (κ2) is 7.85. The lowest BCUT2D eigenvalue weighted by atomic mass is 10.1. The van der Waals surface area contributed by atoms with Gasteiger partial charge in [0, 0.05) is 32.7 Å². The molecule has 1 aromatic rings. The molecule has 146 valence electrons. The van der Waals surface area contributed by atoms with E-state index in [1.54, 1.807) is 32.3 Å². The van der Waals surface area contributed by atoms with E-state index in [9.17, 15) is 14.4 Å². The molecule has 1 heterocycles. The predicted molar refractivity (Wildman–Crippen MR) is 101 cm³/mol. The summed E-state index contributed by atoms with van der Waals surface area (Å²) in [5.74, 6) is 0.239. The summed E-state index contributed by atoms with van der Waals surface area (Å²) >= 11 is 0. The van der Waals surface area contributed by atoms with Crippen LogP contribution in [0.2, 0.25) is 0 Å². The molecule has 2 aliphatic rings. The number of likely N-dealkylation sites (N-methyl/N-ethyl adjacent to an activating group) is 1. The van der Waals surface area contributed by atoms with Gasteiger partial charge in [0.2, 0.25) is 11.8 Å². The molecule has 1 aromatic carbocycles. The molecule has 27 heavy (non-hydrogen) atoms. The van der Waals surface area contributed by atoms with Crippen LogP contribution in [0.4, 0.5) is 5.69 Å². The van der Waals surface area contributed by atoms with E-state index in [4.69, 9.17) is 4.74 Å². The molecular formula is C19H26N4O4. The van der Waals surface area contributed by atoms with Crippen molar-refractivity contribution in [3.63, 3.8) is 0 Å². The van der Waals surface area contributed by atoms with Crippen LogP contribution < -0.4 is 20.3 Å². The van der Waals surface area contributed by atoms with Crippen molar-refractivity contribution in [1.82, 2.24) is 15.5 Å². The molecular weight excluding hydrogens is 348 g/mol. The van der Waals surface area contributed by atoms with Crippen LogP contribution >= 0.6 is 0 Å². The van der Waals surface area contributed by atoms with Crippen LogP contribution in [0, 0.1) is 0 Å². The average molecular weight is 374 g/mol. The zero-order valence-electron chi connectivity index (χ0n) is 15.9. The van der Waals surface area contributed by atoms with Gasteiger partial charge in [-0.2, -0.15) is 0 Å². The van der Waals surface area contributed by atoms with Crippen molar-refractivity contribution in [3.05, 3.63) is 23.8 Å². The number of hydrogen-bond donors (Lipinski definition) is 2. The van der Waals surface area contributed by atoms with Gasteiger partial charge in [-0.3, -0.25) is 14.4 Å². The van der Waals surface area contributed by atoms with E-state index in [-0.39, 0.29) is 42.8 Å². The summed E-state index contributed by atoms with van der Waals surface area (Å²) in [5, 5.41) is 5.49. The highest BCUT2D eigenvalue weighted by molar-refractivity contribution is 5.95. The normalized spacial score (nSPS) is 18.2. The number of ether oxygens (including phenoxy) is 1. The molecule has 1 atom stereocenters. The summed E-state index contributed by atoms with van der Waals surface area (Å²) in [6.45, 7) is 0.358. The van der Waals surface area contributed by atoms with Crippen LogP contribution in [-0.4, -0.2) is 69.0 Å². The minimum absolute atomic E-state index is 0.00923. The molecule has 0 unspecified atom stereocenters. The maximum absolute atomic E-state index is 12.2. The Morgan fingerprint density at radius 1 is 1.22 bits per heavy atom. The quantitative estimate of drug-likeness (QED) is 0.751. The number of benzene rings is 1. The van der Waals surface area contributed by atoms with Crippen molar-refractivity contribution in [2.24, 2.45) is 0 Å². The fraction of sp³-hybridized carbons (Fsp3) is 0.526. The number of carbonyl (C=O) groups excluding carboxylic acids is 3. The van der Waals surface area contributed by atoms with E-state index >= 15 is 0 Å². The summed E-state index contributed by atoms with van der Waals surface area (Å²) < 4.78 is 5.76. The van der Waals surface area contributed by atoms with Crippen molar-refractivity contribution < 1.29 is 19.1 Å². The molecule has 0 bridgehead atoms. The van der Waals surface area contributed by atoms with Gasteiger partial charge in [0.25, 0.3) is 5.91 Å². The van der Waals surface area contributed by atoms with Gasteiger partial charge in [-0.1, -0.05) is 0 Å². The fourth-order valence-electron chi connectivity index (χ4n) is 2.97. The standard InChI is InChI=1S/C19H26N4O4/c1-22(2)19(26)12-4-7-16-15(8-12)23(3)14(11-27-16)9-17(24)20-10-18(25)21-13-5-6-13/h4,7-8,13-14H,5-6,9-11H2,1-3H3,(H,20,24)(H,21,25)/t14-/m1/s1. The molecule has 2 N–H and O–H groups in total. The van der Waals surface area contributed by atoms with Crippen molar-refractivity contribution in [2.75, 3.05) is 39.2 Å². The van der Waals surface area contributed by atoms with E-state index in [0.717, 1.165) is 18.5 Å². The Hall–Kier alpha value is -2.77. The lowest BCUT2D eigenvalue weighted by molar-refractivity contribution is -0.126. The van der Waals surface area contributed by atoms with Crippen LogP contribution in [0.5, 0.6) is 5.75 Å². The molecule has 1 aliphatic heterocycles. The Morgan fingerprint density at radius 3 is 2.63 bits per heavy atom. The van der Waals surface area contributed by atoms with E-state index in [0.29, 0.717) is 17.9 Å². The highest BCUT2D eigenvalue weighted by Gasteiger charge is 2.28. The van der Waals surface area contributed by atoms with Crippen LogP contribution in [0.1, 0.15) is 29.6 Å². The highest BCUT2D eigenvalue weighted by Crippen LogP contribution is 2.34. The van der Waals surface area contributed by atoms with E-state index in [1.165, 1.54) is 4.90 Å². The topological polar surface area (TPSA) is 91.0 Å². The maximum Gasteiger partial charge on any atom is 0.253 e. The fourth-order valence-corrected chi connectivity index (χ4v) is 2.97. The number of anilines is 1. The van der Waals surface area contributed by atoms with Gasteiger partial charge < -0.3 is 25.2 Å². The van der Waals surface area contributed by atoms with Crippen molar-refractivity contribution in [2.45, 2.75) is 31.3 Å². The Balaban J connectivity index is 1.58. The van der Waals surface area contributed by atoms with Crippen molar-refractivity contribution in [1.29, 1.82) is 0 Å². The monoisotopic (exact) mass is 374 g/mol. The van der Waals surface area contributed by atoms with Crippen LogP contribution in [0.25, 0.3) is 0 Å². The Bertz CT molecular complexity index is 745. The summed E-state index contributed by atoms with van der Waals surface area (Å²) in [7, 11) is 5.28. The smallest absolute Gasteiger partial charge is 0.253 e. The molecule has 0 radical (unpaired) electrons. The van der Waals surface area contributed by atoms with Crippen LogP contribution in [-0.2, 0) is 9.59 Å². The molecule has 0 saturated heterocycles. The van der Waals surface area contributed by atoms with Crippen LogP contribution in [0.15, 0.2) is 18.2 Å². The zero-order chi connectivity index (χ0) is 19.6. The van der Waals surface area contributed by atoms with Gasteiger partial charge in [-0.25, -0.2) is 0 Å².